The molecule has 0 atom stereocenters. The molecule has 35 heavy (non-hydrogen) atoms. The molecule has 3 aromatic heterocycles. The minimum atomic E-state index is -0.391. The summed E-state index contributed by atoms with van der Waals surface area (Å²) in [5.41, 5.74) is 2.35. The van der Waals surface area contributed by atoms with Crippen LogP contribution in [0.3, 0.4) is 0 Å². The van der Waals surface area contributed by atoms with E-state index in [9.17, 15) is 9.18 Å². The number of carbonyl (C=O) groups is 1. The van der Waals surface area contributed by atoms with Gasteiger partial charge in [0, 0.05) is 44.6 Å². The van der Waals surface area contributed by atoms with Crippen molar-refractivity contribution >= 4 is 28.4 Å². The molecule has 1 aromatic carbocycles. The summed E-state index contributed by atoms with van der Waals surface area (Å²) >= 11 is 0. The third-order valence-electron chi connectivity index (χ3n) is 5.64. The number of hydrogen-bond donors (Lipinski definition) is 2. The van der Waals surface area contributed by atoms with Gasteiger partial charge in [-0.05, 0) is 44.2 Å². The molecular formula is C25H26FN7O2. The molecule has 0 spiro atoms. The molecule has 9 nitrogen and oxygen atoms in total. The highest BCUT2D eigenvalue weighted by molar-refractivity contribution is 5.94. The first-order valence-electron chi connectivity index (χ1n) is 11.5. The molecule has 180 valence electrons. The minimum Gasteiger partial charge on any atom is -0.489 e. The number of fused-ring (bicyclic) bond motifs is 1. The zero-order valence-corrected chi connectivity index (χ0v) is 19.5. The molecule has 1 aliphatic heterocycles. The second-order valence-corrected chi connectivity index (χ2v) is 8.54. The number of benzene rings is 1. The second-order valence-electron chi connectivity index (χ2n) is 8.54. The van der Waals surface area contributed by atoms with Crippen molar-refractivity contribution in [1.82, 2.24) is 29.7 Å². The minimum absolute atomic E-state index is 0.00530. The van der Waals surface area contributed by atoms with Crippen LogP contribution >= 0.6 is 0 Å². The number of piperazine rings is 1. The van der Waals surface area contributed by atoms with Crippen LogP contribution < -0.4 is 15.4 Å². The van der Waals surface area contributed by atoms with Crippen molar-refractivity contribution in [2.75, 3.05) is 31.5 Å². The van der Waals surface area contributed by atoms with Gasteiger partial charge in [0.2, 0.25) is 0 Å². The fourth-order valence-electron chi connectivity index (χ4n) is 3.96. The average Bonchev–Trinajstić information content (AvgIpc) is 3.36. The van der Waals surface area contributed by atoms with Crippen LogP contribution in [0, 0.1) is 5.82 Å². The Bertz CT molecular complexity index is 1370. The number of nitrogens with one attached hydrogen (secondary N) is 2. The Hall–Kier alpha value is -4.05. The smallest absolute Gasteiger partial charge is 0.255 e. The third kappa shape index (κ3) is 4.92. The molecule has 4 heterocycles. The van der Waals surface area contributed by atoms with Crippen molar-refractivity contribution in [3.05, 3.63) is 66.5 Å². The van der Waals surface area contributed by atoms with Gasteiger partial charge in [-0.2, -0.15) is 0 Å². The topological polar surface area (TPSA) is 97.2 Å². The molecule has 0 aliphatic carbocycles. The maximum atomic E-state index is 13.8. The third-order valence-corrected chi connectivity index (χ3v) is 5.64. The molecule has 0 unspecified atom stereocenters. The lowest BCUT2D eigenvalue weighted by Crippen LogP contribution is -2.46. The Kier molecular flexibility index (Phi) is 6.28. The monoisotopic (exact) mass is 475 g/mol. The molecule has 1 fully saturated rings. The maximum absolute atomic E-state index is 13.8. The maximum Gasteiger partial charge on any atom is 0.255 e. The number of rotatable bonds is 6. The molecule has 0 bridgehead atoms. The first kappa shape index (κ1) is 22.7. The first-order valence-corrected chi connectivity index (χ1v) is 11.5. The van der Waals surface area contributed by atoms with Gasteiger partial charge < -0.3 is 24.8 Å². The lowest BCUT2D eigenvalue weighted by atomic mass is 10.2. The van der Waals surface area contributed by atoms with Crippen LogP contribution in [0.4, 0.5) is 15.9 Å². The van der Waals surface area contributed by atoms with Gasteiger partial charge in [0.15, 0.2) is 5.82 Å². The molecule has 4 aromatic rings. The van der Waals surface area contributed by atoms with Crippen LogP contribution in [0.25, 0.3) is 16.9 Å². The van der Waals surface area contributed by atoms with Crippen molar-refractivity contribution in [2.45, 2.75) is 20.0 Å². The normalized spacial score (nSPS) is 13.9. The Labute approximate surface area is 202 Å². The number of hydrogen-bond acceptors (Lipinski definition) is 7. The van der Waals surface area contributed by atoms with E-state index in [1.54, 1.807) is 22.9 Å². The van der Waals surface area contributed by atoms with Crippen molar-refractivity contribution in [3.63, 3.8) is 0 Å². The van der Waals surface area contributed by atoms with E-state index in [0.29, 0.717) is 52.8 Å². The van der Waals surface area contributed by atoms with Gasteiger partial charge in [0.25, 0.3) is 5.91 Å². The second kappa shape index (κ2) is 9.67. The van der Waals surface area contributed by atoms with Crippen LogP contribution in [-0.4, -0.2) is 62.6 Å². The molecule has 2 N–H and O–H groups in total. The van der Waals surface area contributed by atoms with Gasteiger partial charge in [-0.1, -0.05) is 0 Å². The highest BCUT2D eigenvalue weighted by atomic mass is 19.1. The van der Waals surface area contributed by atoms with Crippen LogP contribution in [0.1, 0.15) is 24.2 Å². The number of anilines is 2. The summed E-state index contributed by atoms with van der Waals surface area (Å²) in [4.78, 5) is 28.1. The van der Waals surface area contributed by atoms with Crippen molar-refractivity contribution < 1.29 is 13.9 Å². The van der Waals surface area contributed by atoms with Gasteiger partial charge in [-0.25, -0.2) is 19.3 Å². The van der Waals surface area contributed by atoms with E-state index in [-0.39, 0.29) is 12.0 Å². The Morgan fingerprint density at radius 2 is 1.97 bits per heavy atom. The standard InChI is InChI=1S/C25H26FN7O2/c1-16(2)35-21-13-18(26)3-4-19(21)30-24-23-20(28-15-29-24)5-6-22(31-23)33-10-7-17(14-33)25(34)32-11-8-27-9-12-32/h3-7,10,13-16,27H,8-9,11-12H2,1-2H3,(H,28,29,30). The number of pyridine rings is 1. The van der Waals surface area contributed by atoms with Crippen LogP contribution in [0.15, 0.2) is 55.1 Å². The summed E-state index contributed by atoms with van der Waals surface area (Å²) in [7, 11) is 0. The lowest BCUT2D eigenvalue weighted by Gasteiger charge is -2.27. The van der Waals surface area contributed by atoms with Gasteiger partial charge in [0.05, 0.1) is 22.9 Å². The van der Waals surface area contributed by atoms with Crippen molar-refractivity contribution in [2.24, 2.45) is 0 Å². The molecule has 0 radical (unpaired) electrons. The molecule has 1 saturated heterocycles. The van der Waals surface area contributed by atoms with E-state index >= 15 is 0 Å². The quantitative estimate of drug-likeness (QED) is 0.440. The summed E-state index contributed by atoms with van der Waals surface area (Å²) in [6, 6.07) is 9.77. The highest BCUT2D eigenvalue weighted by Crippen LogP contribution is 2.31. The number of nitrogens with zero attached hydrogens (tertiary/aromatic N) is 5. The lowest BCUT2D eigenvalue weighted by molar-refractivity contribution is 0.0736. The van der Waals surface area contributed by atoms with Gasteiger partial charge in [-0.15, -0.1) is 0 Å². The first-order chi connectivity index (χ1) is 17.0. The van der Waals surface area contributed by atoms with E-state index in [2.05, 4.69) is 20.6 Å². The van der Waals surface area contributed by atoms with E-state index in [1.165, 1.54) is 18.5 Å². The van der Waals surface area contributed by atoms with Crippen molar-refractivity contribution in [3.8, 4) is 11.6 Å². The molecular weight excluding hydrogens is 449 g/mol. The summed E-state index contributed by atoms with van der Waals surface area (Å²) in [5.74, 6) is 1.07. The molecule has 0 saturated carbocycles. The van der Waals surface area contributed by atoms with E-state index in [1.807, 2.05) is 37.1 Å². The Morgan fingerprint density at radius 3 is 2.77 bits per heavy atom. The van der Waals surface area contributed by atoms with Crippen LogP contribution in [0.5, 0.6) is 5.75 Å². The summed E-state index contributed by atoms with van der Waals surface area (Å²) < 4.78 is 21.4. The van der Waals surface area contributed by atoms with Gasteiger partial charge in [0.1, 0.15) is 29.2 Å². The van der Waals surface area contributed by atoms with E-state index < -0.39 is 5.82 Å². The number of carbonyl (C=O) groups excluding carboxylic acids is 1. The predicted octanol–water partition coefficient (Wildman–Crippen LogP) is 3.53. The Morgan fingerprint density at radius 1 is 1.14 bits per heavy atom. The largest absolute Gasteiger partial charge is 0.489 e. The number of aromatic nitrogens is 4. The Balaban J connectivity index is 1.46. The zero-order valence-electron chi connectivity index (χ0n) is 19.5. The van der Waals surface area contributed by atoms with Crippen molar-refractivity contribution in [1.29, 1.82) is 0 Å². The summed E-state index contributed by atoms with van der Waals surface area (Å²) in [6.07, 6.45) is 4.91. The SMILES string of the molecule is CC(C)Oc1cc(F)ccc1Nc1ncnc2ccc(-n3ccc(C(=O)N4CCNCC4)c3)nc12. The summed E-state index contributed by atoms with van der Waals surface area (Å²) in [6.45, 7) is 6.73. The fourth-order valence-corrected chi connectivity index (χ4v) is 3.96. The predicted molar refractivity (Wildman–Crippen MR) is 131 cm³/mol. The van der Waals surface area contributed by atoms with Gasteiger partial charge >= 0.3 is 0 Å². The average molecular weight is 476 g/mol. The number of amides is 1. The number of halogens is 1. The molecule has 1 aliphatic rings. The van der Waals surface area contributed by atoms with Crippen LogP contribution in [-0.2, 0) is 0 Å². The molecule has 5 rings (SSSR count). The van der Waals surface area contributed by atoms with E-state index in [4.69, 9.17) is 9.72 Å². The van der Waals surface area contributed by atoms with Crippen LogP contribution in [0.2, 0.25) is 0 Å². The molecule has 10 heteroatoms. The van der Waals surface area contributed by atoms with Gasteiger partial charge in [-0.3, -0.25) is 4.79 Å². The zero-order chi connectivity index (χ0) is 24.4. The molecule has 1 amide bonds. The number of ether oxygens (including phenoxy) is 1. The fraction of sp³-hybridized carbons (Fsp3) is 0.280. The van der Waals surface area contributed by atoms with E-state index in [0.717, 1.165) is 13.1 Å². The highest BCUT2D eigenvalue weighted by Gasteiger charge is 2.19. The summed E-state index contributed by atoms with van der Waals surface area (Å²) in [5, 5.41) is 6.47.